The summed E-state index contributed by atoms with van der Waals surface area (Å²) in [5, 5.41) is 3.39. The maximum Gasteiger partial charge on any atom is 0.251 e. The summed E-state index contributed by atoms with van der Waals surface area (Å²) in [5.41, 5.74) is 8.51. The molecule has 2 rings (SSSR count). The van der Waals surface area contributed by atoms with Gasteiger partial charge in [0.15, 0.2) is 0 Å². The van der Waals surface area contributed by atoms with Gasteiger partial charge in [-0.25, -0.2) is 0 Å². The SMILES string of the molecule is Cc1ccc(Cl)cc1C(=O)NCC(N)c1ccccc1. The van der Waals surface area contributed by atoms with E-state index in [1.165, 1.54) is 0 Å². The number of halogens is 1. The van der Waals surface area contributed by atoms with Gasteiger partial charge in [0.2, 0.25) is 0 Å². The van der Waals surface area contributed by atoms with Gasteiger partial charge in [-0.1, -0.05) is 48.0 Å². The number of aryl methyl sites for hydroxylation is 1. The Morgan fingerprint density at radius 2 is 1.95 bits per heavy atom. The lowest BCUT2D eigenvalue weighted by atomic mass is 10.1. The topological polar surface area (TPSA) is 55.1 Å². The molecular weight excluding hydrogens is 272 g/mol. The maximum atomic E-state index is 12.1. The highest BCUT2D eigenvalue weighted by molar-refractivity contribution is 6.31. The molecule has 2 aromatic rings. The van der Waals surface area contributed by atoms with E-state index in [2.05, 4.69) is 5.32 Å². The molecule has 1 unspecified atom stereocenters. The highest BCUT2D eigenvalue weighted by Gasteiger charge is 2.12. The average Bonchev–Trinajstić information content (AvgIpc) is 2.47. The zero-order chi connectivity index (χ0) is 14.5. The van der Waals surface area contributed by atoms with Crippen molar-refractivity contribution in [3.05, 3.63) is 70.2 Å². The van der Waals surface area contributed by atoms with Crippen LogP contribution in [-0.2, 0) is 0 Å². The second kappa shape index (κ2) is 6.55. The van der Waals surface area contributed by atoms with Crippen molar-refractivity contribution in [1.82, 2.24) is 5.32 Å². The lowest BCUT2D eigenvalue weighted by Gasteiger charge is -2.14. The number of rotatable bonds is 4. The Bertz CT molecular complexity index is 599. The van der Waals surface area contributed by atoms with Crippen LogP contribution in [0.2, 0.25) is 5.02 Å². The van der Waals surface area contributed by atoms with E-state index < -0.39 is 0 Å². The van der Waals surface area contributed by atoms with Crippen LogP contribution in [-0.4, -0.2) is 12.5 Å². The molecule has 0 aliphatic carbocycles. The second-order valence-electron chi connectivity index (χ2n) is 4.69. The van der Waals surface area contributed by atoms with Crippen LogP contribution in [0.4, 0.5) is 0 Å². The van der Waals surface area contributed by atoms with Crippen molar-refractivity contribution >= 4 is 17.5 Å². The summed E-state index contributed by atoms with van der Waals surface area (Å²) < 4.78 is 0. The quantitative estimate of drug-likeness (QED) is 0.908. The molecule has 0 radical (unpaired) electrons. The van der Waals surface area contributed by atoms with Crippen molar-refractivity contribution in [1.29, 1.82) is 0 Å². The Hall–Kier alpha value is -1.84. The number of nitrogens with one attached hydrogen (secondary N) is 1. The standard InChI is InChI=1S/C16H17ClN2O/c1-11-7-8-13(17)9-14(11)16(20)19-10-15(18)12-5-3-2-4-6-12/h2-9,15H,10,18H2,1H3,(H,19,20). The number of benzene rings is 2. The number of carbonyl (C=O) groups excluding carboxylic acids is 1. The lowest BCUT2D eigenvalue weighted by Crippen LogP contribution is -2.32. The van der Waals surface area contributed by atoms with Gasteiger partial charge in [0.1, 0.15) is 0 Å². The van der Waals surface area contributed by atoms with E-state index >= 15 is 0 Å². The van der Waals surface area contributed by atoms with Crippen molar-refractivity contribution in [2.24, 2.45) is 5.73 Å². The summed E-state index contributed by atoms with van der Waals surface area (Å²) in [6.07, 6.45) is 0. The minimum atomic E-state index is -0.223. The van der Waals surface area contributed by atoms with Crippen LogP contribution >= 0.6 is 11.6 Å². The predicted octanol–water partition coefficient (Wildman–Crippen LogP) is 3.08. The van der Waals surface area contributed by atoms with E-state index in [0.29, 0.717) is 17.1 Å². The van der Waals surface area contributed by atoms with Gasteiger partial charge in [-0.2, -0.15) is 0 Å². The van der Waals surface area contributed by atoms with Gasteiger partial charge in [-0.05, 0) is 30.2 Å². The Labute approximate surface area is 123 Å². The molecule has 0 saturated carbocycles. The monoisotopic (exact) mass is 288 g/mol. The summed E-state index contributed by atoms with van der Waals surface area (Å²) in [6.45, 7) is 2.26. The van der Waals surface area contributed by atoms with Crippen molar-refractivity contribution < 1.29 is 4.79 Å². The first-order chi connectivity index (χ1) is 9.58. The van der Waals surface area contributed by atoms with Gasteiger partial charge in [0, 0.05) is 23.2 Å². The molecule has 2 aromatic carbocycles. The Balaban J connectivity index is 2.00. The number of amides is 1. The average molecular weight is 289 g/mol. The number of carbonyl (C=O) groups is 1. The van der Waals surface area contributed by atoms with Crippen LogP contribution in [0.15, 0.2) is 48.5 Å². The van der Waals surface area contributed by atoms with E-state index in [1.54, 1.807) is 12.1 Å². The molecule has 20 heavy (non-hydrogen) atoms. The van der Waals surface area contributed by atoms with Gasteiger partial charge in [0.05, 0.1) is 0 Å². The fourth-order valence-electron chi connectivity index (χ4n) is 1.95. The van der Waals surface area contributed by atoms with E-state index in [-0.39, 0.29) is 11.9 Å². The molecule has 3 nitrogen and oxygen atoms in total. The summed E-state index contributed by atoms with van der Waals surface area (Å²) in [4.78, 5) is 12.1. The normalized spacial score (nSPS) is 11.9. The molecule has 104 valence electrons. The third-order valence-electron chi connectivity index (χ3n) is 3.15. The van der Waals surface area contributed by atoms with Crippen LogP contribution in [0.25, 0.3) is 0 Å². The molecule has 0 aliphatic rings. The molecule has 0 saturated heterocycles. The van der Waals surface area contributed by atoms with E-state index in [1.807, 2.05) is 43.3 Å². The zero-order valence-electron chi connectivity index (χ0n) is 11.3. The summed E-state index contributed by atoms with van der Waals surface area (Å²) in [5.74, 6) is -0.156. The zero-order valence-corrected chi connectivity index (χ0v) is 12.0. The second-order valence-corrected chi connectivity index (χ2v) is 5.12. The molecule has 0 bridgehead atoms. The summed E-state index contributed by atoms with van der Waals surface area (Å²) in [6, 6.07) is 14.7. The van der Waals surface area contributed by atoms with Gasteiger partial charge in [-0.3, -0.25) is 4.79 Å². The molecule has 4 heteroatoms. The number of hydrogen-bond donors (Lipinski definition) is 2. The molecule has 0 fully saturated rings. The first-order valence-corrected chi connectivity index (χ1v) is 6.80. The summed E-state index contributed by atoms with van der Waals surface area (Å²) in [7, 11) is 0. The third kappa shape index (κ3) is 3.59. The van der Waals surface area contributed by atoms with Crippen molar-refractivity contribution in [3.8, 4) is 0 Å². The first-order valence-electron chi connectivity index (χ1n) is 6.43. The fraction of sp³-hybridized carbons (Fsp3) is 0.188. The van der Waals surface area contributed by atoms with Gasteiger partial charge < -0.3 is 11.1 Å². The van der Waals surface area contributed by atoms with Crippen molar-refractivity contribution in [2.75, 3.05) is 6.54 Å². The van der Waals surface area contributed by atoms with E-state index in [0.717, 1.165) is 11.1 Å². The lowest BCUT2D eigenvalue weighted by molar-refractivity contribution is 0.0950. The Morgan fingerprint density at radius 3 is 2.65 bits per heavy atom. The molecule has 1 atom stereocenters. The van der Waals surface area contributed by atoms with Crippen LogP contribution in [0.1, 0.15) is 27.5 Å². The minimum absolute atomic E-state index is 0.156. The fourth-order valence-corrected chi connectivity index (χ4v) is 2.13. The van der Waals surface area contributed by atoms with Crippen LogP contribution in [0, 0.1) is 6.92 Å². The molecule has 3 N–H and O–H groups in total. The molecule has 1 amide bonds. The largest absolute Gasteiger partial charge is 0.350 e. The Kier molecular flexibility index (Phi) is 4.77. The molecule has 0 spiro atoms. The highest BCUT2D eigenvalue weighted by atomic mass is 35.5. The smallest absolute Gasteiger partial charge is 0.251 e. The van der Waals surface area contributed by atoms with Crippen LogP contribution in [0.3, 0.4) is 0 Å². The van der Waals surface area contributed by atoms with Gasteiger partial charge in [-0.15, -0.1) is 0 Å². The third-order valence-corrected chi connectivity index (χ3v) is 3.39. The first kappa shape index (κ1) is 14.6. The molecule has 0 heterocycles. The van der Waals surface area contributed by atoms with E-state index in [9.17, 15) is 4.79 Å². The number of nitrogens with two attached hydrogens (primary N) is 1. The predicted molar refractivity (Wildman–Crippen MR) is 81.9 cm³/mol. The van der Waals surface area contributed by atoms with Gasteiger partial charge >= 0.3 is 0 Å². The Morgan fingerprint density at radius 1 is 1.25 bits per heavy atom. The molecule has 0 aliphatic heterocycles. The van der Waals surface area contributed by atoms with E-state index in [4.69, 9.17) is 17.3 Å². The summed E-state index contributed by atoms with van der Waals surface area (Å²) >= 11 is 5.91. The number of hydrogen-bond acceptors (Lipinski definition) is 2. The van der Waals surface area contributed by atoms with Crippen molar-refractivity contribution in [2.45, 2.75) is 13.0 Å². The highest BCUT2D eigenvalue weighted by Crippen LogP contribution is 2.15. The molecular formula is C16H17ClN2O. The van der Waals surface area contributed by atoms with Crippen molar-refractivity contribution in [3.63, 3.8) is 0 Å². The maximum absolute atomic E-state index is 12.1. The van der Waals surface area contributed by atoms with Gasteiger partial charge in [0.25, 0.3) is 5.91 Å². The molecule has 0 aromatic heterocycles. The van der Waals surface area contributed by atoms with Crippen LogP contribution in [0.5, 0.6) is 0 Å². The minimum Gasteiger partial charge on any atom is -0.350 e. The van der Waals surface area contributed by atoms with Crippen LogP contribution < -0.4 is 11.1 Å².